The number of hydrogen-bond acceptors (Lipinski definition) is 3. The lowest BCUT2D eigenvalue weighted by molar-refractivity contribution is -0.124. The Balaban J connectivity index is 2.26. The second-order valence-electron chi connectivity index (χ2n) is 4.49. The molecule has 15 heavy (non-hydrogen) atoms. The number of likely N-dealkylation sites (N-methyl/N-ethyl adjacent to an activating group) is 1. The number of hydrogen-bond donors (Lipinski definition) is 0. The summed E-state index contributed by atoms with van der Waals surface area (Å²) in [6, 6.07) is 0. The molecular formula is C12H24N2O. The Kier molecular flexibility index (Phi) is 5.26. The molecule has 0 N–H and O–H groups in total. The van der Waals surface area contributed by atoms with Gasteiger partial charge in [-0.1, -0.05) is 20.8 Å². The number of piperazine rings is 1. The third-order valence-corrected chi connectivity index (χ3v) is 3.45. The highest BCUT2D eigenvalue weighted by Crippen LogP contribution is 2.06. The van der Waals surface area contributed by atoms with Crippen molar-refractivity contribution in [1.82, 2.24) is 9.80 Å². The molecule has 0 aromatic carbocycles. The molecule has 0 aliphatic carbocycles. The van der Waals surface area contributed by atoms with Gasteiger partial charge in [-0.15, -0.1) is 0 Å². The van der Waals surface area contributed by atoms with Gasteiger partial charge in [-0.2, -0.15) is 0 Å². The molecule has 0 saturated carbocycles. The Labute approximate surface area is 93.4 Å². The third-order valence-electron chi connectivity index (χ3n) is 3.45. The van der Waals surface area contributed by atoms with Crippen LogP contribution in [-0.4, -0.2) is 54.9 Å². The molecule has 1 aliphatic heterocycles. The van der Waals surface area contributed by atoms with Crippen LogP contribution >= 0.6 is 0 Å². The van der Waals surface area contributed by atoms with Gasteiger partial charge in [0.1, 0.15) is 5.78 Å². The van der Waals surface area contributed by atoms with E-state index in [9.17, 15) is 4.79 Å². The maximum atomic E-state index is 11.7. The van der Waals surface area contributed by atoms with E-state index in [1.807, 2.05) is 6.92 Å². The van der Waals surface area contributed by atoms with Crippen LogP contribution in [0, 0.1) is 5.92 Å². The van der Waals surface area contributed by atoms with Crippen LogP contribution in [0.5, 0.6) is 0 Å². The zero-order valence-corrected chi connectivity index (χ0v) is 10.3. The molecule has 0 spiro atoms. The van der Waals surface area contributed by atoms with Crippen molar-refractivity contribution < 1.29 is 4.79 Å². The van der Waals surface area contributed by atoms with E-state index in [-0.39, 0.29) is 5.92 Å². The predicted octanol–water partition coefficient (Wildman–Crippen LogP) is 1.24. The summed E-state index contributed by atoms with van der Waals surface area (Å²) in [6.45, 7) is 12.4. The highest BCUT2D eigenvalue weighted by Gasteiger charge is 2.19. The maximum absolute atomic E-state index is 11.7. The third kappa shape index (κ3) is 3.92. The molecule has 1 atom stereocenters. The zero-order chi connectivity index (χ0) is 11.3. The van der Waals surface area contributed by atoms with Crippen LogP contribution in [0.2, 0.25) is 0 Å². The van der Waals surface area contributed by atoms with E-state index >= 15 is 0 Å². The molecule has 0 aromatic rings. The van der Waals surface area contributed by atoms with Gasteiger partial charge in [-0.05, 0) is 13.0 Å². The fraction of sp³-hybridized carbons (Fsp3) is 0.917. The molecule has 88 valence electrons. The van der Waals surface area contributed by atoms with Gasteiger partial charge in [0.25, 0.3) is 0 Å². The molecule has 1 unspecified atom stereocenters. The molecule has 1 heterocycles. The van der Waals surface area contributed by atoms with E-state index in [2.05, 4.69) is 23.6 Å². The van der Waals surface area contributed by atoms with Gasteiger partial charge in [0.05, 0.1) is 6.54 Å². The molecule has 0 aromatic heterocycles. The summed E-state index contributed by atoms with van der Waals surface area (Å²) in [6.07, 6.45) is 0.966. The smallest absolute Gasteiger partial charge is 0.149 e. The lowest BCUT2D eigenvalue weighted by Crippen LogP contribution is -2.48. The Morgan fingerprint density at radius 1 is 1.13 bits per heavy atom. The Morgan fingerprint density at radius 3 is 2.13 bits per heavy atom. The minimum atomic E-state index is 0.231. The van der Waals surface area contributed by atoms with Crippen LogP contribution in [0.15, 0.2) is 0 Å². The second kappa shape index (κ2) is 6.23. The summed E-state index contributed by atoms with van der Waals surface area (Å²) in [4.78, 5) is 16.5. The normalized spacial score (nSPS) is 21.5. The van der Waals surface area contributed by atoms with Gasteiger partial charge in [-0.3, -0.25) is 9.69 Å². The van der Waals surface area contributed by atoms with Crippen molar-refractivity contribution in [2.75, 3.05) is 39.3 Å². The Bertz CT molecular complexity index is 198. The topological polar surface area (TPSA) is 23.6 Å². The van der Waals surface area contributed by atoms with Gasteiger partial charge >= 0.3 is 0 Å². The van der Waals surface area contributed by atoms with Crippen LogP contribution in [0.1, 0.15) is 27.2 Å². The lowest BCUT2D eigenvalue weighted by Gasteiger charge is -2.33. The molecule has 1 saturated heterocycles. The number of carbonyl (C=O) groups is 1. The largest absolute Gasteiger partial charge is 0.301 e. The predicted molar refractivity (Wildman–Crippen MR) is 63.0 cm³/mol. The first-order valence-corrected chi connectivity index (χ1v) is 6.14. The van der Waals surface area contributed by atoms with E-state index in [1.54, 1.807) is 0 Å². The first kappa shape index (κ1) is 12.7. The quantitative estimate of drug-likeness (QED) is 0.685. The monoisotopic (exact) mass is 212 g/mol. The molecule has 0 amide bonds. The van der Waals surface area contributed by atoms with Crippen LogP contribution < -0.4 is 0 Å². The molecule has 1 aliphatic rings. The summed E-state index contributed by atoms with van der Waals surface area (Å²) in [5.74, 6) is 0.636. The number of ketones is 1. The Hall–Kier alpha value is -0.410. The number of rotatable bonds is 5. The van der Waals surface area contributed by atoms with Crippen molar-refractivity contribution in [1.29, 1.82) is 0 Å². The second-order valence-corrected chi connectivity index (χ2v) is 4.49. The first-order chi connectivity index (χ1) is 7.17. The molecule has 0 radical (unpaired) electrons. The van der Waals surface area contributed by atoms with E-state index < -0.39 is 0 Å². The fourth-order valence-corrected chi connectivity index (χ4v) is 1.87. The van der Waals surface area contributed by atoms with Crippen molar-refractivity contribution in [3.63, 3.8) is 0 Å². The van der Waals surface area contributed by atoms with Gasteiger partial charge in [-0.25, -0.2) is 0 Å². The molecule has 1 rings (SSSR count). The molecule has 0 bridgehead atoms. The minimum Gasteiger partial charge on any atom is -0.301 e. The van der Waals surface area contributed by atoms with Crippen molar-refractivity contribution in [3.05, 3.63) is 0 Å². The van der Waals surface area contributed by atoms with E-state index in [0.29, 0.717) is 12.3 Å². The van der Waals surface area contributed by atoms with Gasteiger partial charge < -0.3 is 4.90 Å². The summed E-state index contributed by atoms with van der Waals surface area (Å²) >= 11 is 0. The first-order valence-electron chi connectivity index (χ1n) is 6.14. The summed E-state index contributed by atoms with van der Waals surface area (Å²) in [5, 5.41) is 0. The molecular weight excluding hydrogens is 188 g/mol. The summed E-state index contributed by atoms with van der Waals surface area (Å²) in [5.41, 5.74) is 0. The highest BCUT2D eigenvalue weighted by atomic mass is 16.1. The van der Waals surface area contributed by atoms with E-state index in [4.69, 9.17) is 0 Å². The minimum absolute atomic E-state index is 0.231. The van der Waals surface area contributed by atoms with Crippen LogP contribution in [-0.2, 0) is 4.79 Å². The van der Waals surface area contributed by atoms with Crippen LogP contribution in [0.3, 0.4) is 0 Å². The summed E-state index contributed by atoms with van der Waals surface area (Å²) in [7, 11) is 0. The van der Waals surface area contributed by atoms with Crippen molar-refractivity contribution in [3.8, 4) is 0 Å². The average Bonchev–Trinajstić information content (AvgIpc) is 2.29. The standard InChI is InChI=1S/C12H24N2O/c1-4-11(3)12(15)10-14-8-6-13(5-2)7-9-14/h11H,4-10H2,1-3H3. The van der Waals surface area contributed by atoms with Crippen LogP contribution in [0.4, 0.5) is 0 Å². The number of carbonyl (C=O) groups excluding carboxylic acids is 1. The van der Waals surface area contributed by atoms with Crippen molar-refractivity contribution in [2.24, 2.45) is 5.92 Å². The molecule has 3 heteroatoms. The van der Waals surface area contributed by atoms with Gasteiger partial charge in [0.15, 0.2) is 0 Å². The lowest BCUT2D eigenvalue weighted by atomic mass is 10.0. The fourth-order valence-electron chi connectivity index (χ4n) is 1.87. The Morgan fingerprint density at radius 2 is 1.67 bits per heavy atom. The summed E-state index contributed by atoms with van der Waals surface area (Å²) < 4.78 is 0. The molecule has 1 fully saturated rings. The zero-order valence-electron chi connectivity index (χ0n) is 10.3. The van der Waals surface area contributed by atoms with Crippen molar-refractivity contribution in [2.45, 2.75) is 27.2 Å². The maximum Gasteiger partial charge on any atom is 0.149 e. The number of Topliss-reactive ketones (excluding diaryl/α,β-unsaturated/α-hetero) is 1. The average molecular weight is 212 g/mol. The number of nitrogens with zero attached hydrogens (tertiary/aromatic N) is 2. The van der Waals surface area contributed by atoms with Crippen molar-refractivity contribution >= 4 is 5.78 Å². The molecule has 3 nitrogen and oxygen atoms in total. The highest BCUT2D eigenvalue weighted by molar-refractivity contribution is 5.82. The van der Waals surface area contributed by atoms with E-state index in [0.717, 1.165) is 39.1 Å². The van der Waals surface area contributed by atoms with Gasteiger partial charge in [0, 0.05) is 32.1 Å². The van der Waals surface area contributed by atoms with Gasteiger partial charge in [0.2, 0.25) is 0 Å². The van der Waals surface area contributed by atoms with E-state index in [1.165, 1.54) is 0 Å². The SMILES string of the molecule is CCC(C)C(=O)CN1CCN(CC)CC1. The van der Waals surface area contributed by atoms with Crippen LogP contribution in [0.25, 0.3) is 0 Å².